The molecule has 19 heavy (non-hydrogen) atoms. The molecule has 0 spiro atoms. The Morgan fingerprint density at radius 2 is 1.79 bits per heavy atom. The highest BCUT2D eigenvalue weighted by molar-refractivity contribution is 5.60. The van der Waals surface area contributed by atoms with Crippen molar-refractivity contribution in [2.45, 2.75) is 6.92 Å². The lowest BCUT2D eigenvalue weighted by Crippen LogP contribution is -2.12. The molecule has 0 aliphatic rings. The van der Waals surface area contributed by atoms with E-state index >= 15 is 0 Å². The molecule has 1 aromatic heterocycles. The number of halogens is 3. The van der Waals surface area contributed by atoms with Crippen LogP contribution in [0.1, 0.15) is 5.56 Å². The lowest BCUT2D eigenvalue weighted by molar-refractivity contribution is 0.496. The highest BCUT2D eigenvalue weighted by Crippen LogP contribution is 2.23. The molecule has 100 valence electrons. The summed E-state index contributed by atoms with van der Waals surface area (Å²) in [7, 11) is 0. The highest BCUT2D eigenvalue weighted by atomic mass is 19.2. The van der Waals surface area contributed by atoms with Crippen LogP contribution in [-0.4, -0.2) is 9.97 Å². The fraction of sp³-hybridized carbons (Fsp3) is 0.0909. The molecule has 8 heteroatoms. The molecule has 2 rings (SSSR count). The molecule has 0 amide bonds. The van der Waals surface area contributed by atoms with Gasteiger partial charge < -0.3 is 5.32 Å². The number of nitrogens with two attached hydrogens (primary N) is 1. The maximum Gasteiger partial charge on any atom is 0.239 e. The molecular formula is C11H10F3N5. The smallest absolute Gasteiger partial charge is 0.239 e. The summed E-state index contributed by atoms with van der Waals surface area (Å²) in [5, 5.41) is 2.55. The topological polar surface area (TPSA) is 75.9 Å². The summed E-state index contributed by atoms with van der Waals surface area (Å²) in [6, 6.07) is 1.16. The van der Waals surface area contributed by atoms with Gasteiger partial charge in [0.05, 0.1) is 5.69 Å². The molecule has 5 nitrogen and oxygen atoms in total. The van der Waals surface area contributed by atoms with E-state index in [1.54, 1.807) is 6.92 Å². The Bertz CT molecular complexity index is 618. The predicted octanol–water partition coefficient (Wildman–Crippen LogP) is 2.23. The fourth-order valence-electron chi connectivity index (χ4n) is 1.38. The Kier molecular flexibility index (Phi) is 3.52. The van der Waals surface area contributed by atoms with E-state index in [0.717, 1.165) is 0 Å². The van der Waals surface area contributed by atoms with Crippen molar-refractivity contribution >= 4 is 17.5 Å². The van der Waals surface area contributed by atoms with Crippen LogP contribution in [0, 0.1) is 24.4 Å². The maximum absolute atomic E-state index is 13.5. The number of aryl methyl sites for hydroxylation is 1. The number of hydrogen-bond donors (Lipinski definition) is 3. The molecule has 0 aliphatic heterocycles. The number of hydrazine groups is 1. The van der Waals surface area contributed by atoms with Crippen molar-refractivity contribution in [2.75, 3.05) is 10.7 Å². The molecule has 0 aliphatic carbocycles. The van der Waals surface area contributed by atoms with Crippen LogP contribution < -0.4 is 16.6 Å². The standard InChI is InChI=1S/C11H10F3N5/c1-5-4-16-11(19-15)18-10(5)17-9-3-7(13)6(12)2-8(9)14/h2-4H,15H2,1H3,(H2,16,17,18,19). The minimum Gasteiger partial charge on any atom is -0.337 e. The maximum atomic E-state index is 13.5. The van der Waals surface area contributed by atoms with Crippen LogP contribution >= 0.6 is 0 Å². The predicted molar refractivity (Wildman–Crippen MR) is 64.2 cm³/mol. The molecule has 0 unspecified atom stereocenters. The first-order valence-electron chi connectivity index (χ1n) is 5.23. The van der Waals surface area contributed by atoms with Gasteiger partial charge in [0.25, 0.3) is 0 Å². The summed E-state index contributed by atoms with van der Waals surface area (Å²) in [6.07, 6.45) is 1.45. The zero-order valence-electron chi connectivity index (χ0n) is 9.84. The van der Waals surface area contributed by atoms with Crippen LogP contribution in [0.2, 0.25) is 0 Å². The van der Waals surface area contributed by atoms with E-state index in [0.29, 0.717) is 17.7 Å². The van der Waals surface area contributed by atoms with Crippen molar-refractivity contribution in [1.29, 1.82) is 0 Å². The molecule has 0 radical (unpaired) electrons. The Labute approximate surface area is 106 Å². The molecule has 0 saturated heterocycles. The van der Waals surface area contributed by atoms with Gasteiger partial charge in [-0.3, -0.25) is 5.43 Å². The lowest BCUT2D eigenvalue weighted by atomic mass is 10.2. The normalized spacial score (nSPS) is 10.4. The first kappa shape index (κ1) is 13.1. The number of aromatic nitrogens is 2. The van der Waals surface area contributed by atoms with Crippen LogP contribution in [0.3, 0.4) is 0 Å². The first-order valence-corrected chi connectivity index (χ1v) is 5.23. The van der Waals surface area contributed by atoms with Gasteiger partial charge in [-0.05, 0) is 6.92 Å². The van der Waals surface area contributed by atoms with E-state index < -0.39 is 17.5 Å². The Balaban J connectivity index is 2.38. The van der Waals surface area contributed by atoms with Gasteiger partial charge in [-0.25, -0.2) is 24.0 Å². The van der Waals surface area contributed by atoms with Crippen molar-refractivity contribution in [1.82, 2.24) is 9.97 Å². The van der Waals surface area contributed by atoms with Gasteiger partial charge >= 0.3 is 0 Å². The monoisotopic (exact) mass is 269 g/mol. The largest absolute Gasteiger partial charge is 0.337 e. The van der Waals surface area contributed by atoms with Gasteiger partial charge in [-0.1, -0.05) is 0 Å². The van der Waals surface area contributed by atoms with E-state index in [2.05, 4.69) is 20.7 Å². The second-order valence-corrected chi connectivity index (χ2v) is 3.74. The zero-order valence-corrected chi connectivity index (χ0v) is 9.84. The van der Waals surface area contributed by atoms with E-state index in [1.165, 1.54) is 6.20 Å². The van der Waals surface area contributed by atoms with Crippen molar-refractivity contribution in [2.24, 2.45) is 5.84 Å². The van der Waals surface area contributed by atoms with E-state index in [1.807, 2.05) is 0 Å². The third-order valence-electron chi connectivity index (χ3n) is 2.36. The van der Waals surface area contributed by atoms with Crippen molar-refractivity contribution in [3.8, 4) is 0 Å². The minimum atomic E-state index is -1.26. The second kappa shape index (κ2) is 5.11. The first-order chi connectivity index (χ1) is 9.01. The average Bonchev–Trinajstić information content (AvgIpc) is 2.38. The number of anilines is 3. The van der Waals surface area contributed by atoms with Gasteiger partial charge in [-0.2, -0.15) is 4.98 Å². The third kappa shape index (κ3) is 2.74. The van der Waals surface area contributed by atoms with Crippen LogP contribution in [-0.2, 0) is 0 Å². The number of nitrogen functional groups attached to an aromatic ring is 1. The Hall–Kier alpha value is -2.35. The van der Waals surface area contributed by atoms with Crippen molar-refractivity contribution in [3.63, 3.8) is 0 Å². The van der Waals surface area contributed by atoms with Gasteiger partial charge in [0, 0.05) is 23.9 Å². The summed E-state index contributed by atoms with van der Waals surface area (Å²) in [4.78, 5) is 7.78. The van der Waals surface area contributed by atoms with E-state index in [-0.39, 0.29) is 17.5 Å². The number of hydrogen-bond acceptors (Lipinski definition) is 5. The molecule has 0 fully saturated rings. The van der Waals surface area contributed by atoms with Gasteiger partial charge in [0.2, 0.25) is 5.95 Å². The van der Waals surface area contributed by atoms with Crippen molar-refractivity contribution < 1.29 is 13.2 Å². The number of benzene rings is 1. The number of rotatable bonds is 3. The average molecular weight is 269 g/mol. The van der Waals surface area contributed by atoms with E-state index in [9.17, 15) is 13.2 Å². The van der Waals surface area contributed by atoms with Crippen LogP contribution in [0.4, 0.5) is 30.6 Å². The van der Waals surface area contributed by atoms with Crippen LogP contribution in [0.15, 0.2) is 18.3 Å². The SMILES string of the molecule is Cc1cnc(NN)nc1Nc1cc(F)c(F)cc1F. The Morgan fingerprint density at radius 1 is 1.11 bits per heavy atom. The molecular weight excluding hydrogens is 259 g/mol. The molecule has 1 aromatic carbocycles. The summed E-state index contributed by atoms with van der Waals surface area (Å²) < 4.78 is 39.3. The molecule has 0 bridgehead atoms. The highest BCUT2D eigenvalue weighted by Gasteiger charge is 2.12. The Morgan fingerprint density at radius 3 is 2.47 bits per heavy atom. The molecule has 0 saturated carbocycles. The van der Waals surface area contributed by atoms with Crippen molar-refractivity contribution in [3.05, 3.63) is 41.3 Å². The number of nitrogens with zero attached hydrogens (tertiary/aromatic N) is 2. The van der Waals surface area contributed by atoms with Gasteiger partial charge in [0.15, 0.2) is 11.6 Å². The minimum absolute atomic E-state index is 0.107. The lowest BCUT2D eigenvalue weighted by Gasteiger charge is -2.10. The molecule has 2 aromatic rings. The summed E-state index contributed by atoms with van der Waals surface area (Å²) in [6.45, 7) is 1.67. The third-order valence-corrected chi connectivity index (χ3v) is 2.36. The second-order valence-electron chi connectivity index (χ2n) is 3.74. The molecule has 1 heterocycles. The molecule has 0 atom stereocenters. The quantitative estimate of drug-likeness (QED) is 0.452. The summed E-state index contributed by atoms with van der Waals surface area (Å²) in [5.41, 5.74) is 2.58. The number of nitrogens with one attached hydrogen (secondary N) is 2. The van der Waals surface area contributed by atoms with Gasteiger partial charge in [-0.15, -0.1) is 0 Å². The molecule has 4 N–H and O–H groups in total. The van der Waals surface area contributed by atoms with Crippen LogP contribution in [0.5, 0.6) is 0 Å². The summed E-state index contributed by atoms with van der Waals surface area (Å²) >= 11 is 0. The van der Waals surface area contributed by atoms with Crippen LogP contribution in [0.25, 0.3) is 0 Å². The zero-order chi connectivity index (χ0) is 14.0. The summed E-state index contributed by atoms with van der Waals surface area (Å²) in [5.74, 6) is 2.14. The van der Waals surface area contributed by atoms with E-state index in [4.69, 9.17) is 5.84 Å². The fourth-order valence-corrected chi connectivity index (χ4v) is 1.38. The van der Waals surface area contributed by atoms with Gasteiger partial charge in [0.1, 0.15) is 11.6 Å².